The largest absolute Gasteiger partial charge is 0.420 e. The highest BCUT2D eigenvalue weighted by molar-refractivity contribution is 7.10. The fourth-order valence-electron chi connectivity index (χ4n) is 3.14. The summed E-state index contributed by atoms with van der Waals surface area (Å²) in [6.45, 7) is 2.12. The summed E-state index contributed by atoms with van der Waals surface area (Å²) >= 11 is 7.76. The monoisotopic (exact) mass is 424 g/mol. The molecule has 1 aliphatic rings. The van der Waals surface area contributed by atoms with Gasteiger partial charge in [-0.05, 0) is 29.7 Å². The number of carbonyl (C=O) groups excluding carboxylic acids is 1. The third kappa shape index (κ3) is 4.19. The Morgan fingerprint density at radius 1 is 1.17 bits per heavy atom. The molecular formula is C21H17ClN4O2S. The molecule has 1 aliphatic heterocycles. The van der Waals surface area contributed by atoms with Crippen molar-refractivity contribution in [3.05, 3.63) is 68.8 Å². The number of hydrogen-bond donors (Lipinski definition) is 0. The van der Waals surface area contributed by atoms with Gasteiger partial charge in [-0.25, -0.2) is 0 Å². The number of nitrogens with zero attached hydrogens (tertiary/aromatic N) is 4. The molecule has 146 valence electrons. The Kier molecular flexibility index (Phi) is 5.65. The lowest BCUT2D eigenvalue weighted by Crippen LogP contribution is -2.49. The molecule has 0 bridgehead atoms. The lowest BCUT2D eigenvalue weighted by Gasteiger charge is -2.34. The minimum Gasteiger partial charge on any atom is -0.420 e. The second kappa shape index (κ2) is 8.52. The Bertz CT molecular complexity index is 1080. The average molecular weight is 425 g/mol. The zero-order chi connectivity index (χ0) is 20.2. The summed E-state index contributed by atoms with van der Waals surface area (Å²) in [6, 6.07) is 13.1. The van der Waals surface area contributed by atoms with Crippen LogP contribution in [0.2, 0.25) is 5.02 Å². The van der Waals surface area contributed by atoms with Gasteiger partial charge in [0.2, 0.25) is 17.5 Å². The van der Waals surface area contributed by atoms with Gasteiger partial charge in [-0.3, -0.25) is 4.79 Å². The summed E-state index contributed by atoms with van der Waals surface area (Å²) in [5, 5.41) is 11.9. The Morgan fingerprint density at radius 3 is 2.66 bits per heavy atom. The van der Waals surface area contributed by atoms with E-state index in [1.165, 1.54) is 0 Å². The maximum atomic E-state index is 12.7. The Labute approximate surface area is 177 Å². The van der Waals surface area contributed by atoms with E-state index in [-0.39, 0.29) is 11.6 Å². The van der Waals surface area contributed by atoms with Gasteiger partial charge in [-0.2, -0.15) is 10.2 Å². The SMILES string of the molecule is N#Cc1nc(/C=C/c2cccs2)oc1N1CCN(C(=O)c2ccccc2Cl)CC1. The fourth-order valence-corrected chi connectivity index (χ4v) is 3.98. The molecule has 29 heavy (non-hydrogen) atoms. The fraction of sp³-hybridized carbons (Fsp3) is 0.190. The molecule has 0 aliphatic carbocycles. The molecule has 3 aromatic rings. The van der Waals surface area contributed by atoms with Crippen molar-refractivity contribution in [2.75, 3.05) is 31.1 Å². The summed E-state index contributed by atoms with van der Waals surface area (Å²) in [6.07, 6.45) is 3.66. The second-order valence-electron chi connectivity index (χ2n) is 6.43. The molecule has 8 heteroatoms. The zero-order valence-corrected chi connectivity index (χ0v) is 17.0. The number of hydrogen-bond acceptors (Lipinski definition) is 6. The molecule has 2 aromatic heterocycles. The Morgan fingerprint density at radius 2 is 1.97 bits per heavy atom. The van der Waals surface area contributed by atoms with Crippen LogP contribution in [0.25, 0.3) is 12.2 Å². The van der Waals surface area contributed by atoms with E-state index in [0.717, 1.165) is 4.88 Å². The number of piperazine rings is 1. The van der Waals surface area contributed by atoms with Crippen molar-refractivity contribution in [3.63, 3.8) is 0 Å². The third-order valence-electron chi connectivity index (χ3n) is 4.62. The van der Waals surface area contributed by atoms with Crippen molar-refractivity contribution in [1.82, 2.24) is 9.88 Å². The van der Waals surface area contributed by atoms with E-state index in [0.29, 0.717) is 48.5 Å². The number of carbonyl (C=O) groups is 1. The molecule has 0 N–H and O–H groups in total. The molecular weight excluding hydrogens is 408 g/mol. The molecule has 0 spiro atoms. The average Bonchev–Trinajstić information content (AvgIpc) is 3.42. The number of oxazole rings is 1. The van der Waals surface area contributed by atoms with E-state index in [9.17, 15) is 10.1 Å². The minimum absolute atomic E-state index is 0.0899. The summed E-state index contributed by atoms with van der Waals surface area (Å²) in [5.41, 5.74) is 0.753. The quantitative estimate of drug-likeness (QED) is 0.620. The predicted octanol–water partition coefficient (Wildman–Crippen LogP) is 4.39. The first-order valence-corrected chi connectivity index (χ1v) is 10.3. The van der Waals surface area contributed by atoms with E-state index in [1.807, 2.05) is 28.5 Å². The van der Waals surface area contributed by atoms with Crippen LogP contribution >= 0.6 is 22.9 Å². The normalized spacial score (nSPS) is 14.3. The second-order valence-corrected chi connectivity index (χ2v) is 7.81. The lowest BCUT2D eigenvalue weighted by molar-refractivity contribution is 0.0745. The van der Waals surface area contributed by atoms with Crippen LogP contribution in [0, 0.1) is 11.3 Å². The maximum absolute atomic E-state index is 12.7. The zero-order valence-electron chi connectivity index (χ0n) is 15.4. The van der Waals surface area contributed by atoms with Crippen molar-refractivity contribution in [2.24, 2.45) is 0 Å². The molecule has 0 radical (unpaired) electrons. The summed E-state index contributed by atoms with van der Waals surface area (Å²) in [7, 11) is 0. The predicted molar refractivity (Wildman–Crippen MR) is 114 cm³/mol. The van der Waals surface area contributed by atoms with Crippen molar-refractivity contribution in [3.8, 4) is 6.07 Å². The van der Waals surface area contributed by atoms with Crippen LogP contribution in [0.3, 0.4) is 0 Å². The van der Waals surface area contributed by atoms with Crippen LogP contribution in [0.1, 0.15) is 26.8 Å². The molecule has 0 unspecified atom stereocenters. The van der Waals surface area contributed by atoms with Gasteiger partial charge in [0.1, 0.15) is 6.07 Å². The number of aromatic nitrogens is 1. The van der Waals surface area contributed by atoms with Crippen LogP contribution in [-0.4, -0.2) is 42.0 Å². The van der Waals surface area contributed by atoms with Crippen LogP contribution in [-0.2, 0) is 0 Å². The third-order valence-corrected chi connectivity index (χ3v) is 5.79. The smallest absolute Gasteiger partial charge is 0.255 e. The molecule has 1 saturated heterocycles. The van der Waals surface area contributed by atoms with Gasteiger partial charge in [-0.1, -0.05) is 29.8 Å². The first-order chi connectivity index (χ1) is 14.2. The van der Waals surface area contributed by atoms with Crippen LogP contribution in [0.4, 0.5) is 5.88 Å². The van der Waals surface area contributed by atoms with E-state index >= 15 is 0 Å². The van der Waals surface area contributed by atoms with E-state index in [1.54, 1.807) is 46.6 Å². The van der Waals surface area contributed by atoms with E-state index < -0.39 is 0 Å². The van der Waals surface area contributed by atoms with Crippen molar-refractivity contribution in [2.45, 2.75) is 0 Å². The number of rotatable bonds is 4. The van der Waals surface area contributed by atoms with Crippen LogP contribution in [0.15, 0.2) is 46.2 Å². The van der Waals surface area contributed by atoms with Crippen molar-refractivity contribution < 1.29 is 9.21 Å². The Hall–Kier alpha value is -3.08. The highest BCUT2D eigenvalue weighted by Gasteiger charge is 2.27. The minimum atomic E-state index is -0.0899. The summed E-state index contributed by atoms with van der Waals surface area (Å²) in [4.78, 5) is 21.8. The number of benzene rings is 1. The number of halogens is 1. The molecule has 6 nitrogen and oxygen atoms in total. The number of thiophene rings is 1. The van der Waals surface area contributed by atoms with Crippen LogP contribution in [0.5, 0.6) is 0 Å². The van der Waals surface area contributed by atoms with Gasteiger partial charge < -0.3 is 14.2 Å². The standard InChI is InChI=1S/C21H17ClN4O2S/c22-17-6-2-1-5-16(17)20(27)25-9-11-26(12-10-25)21-18(14-23)24-19(28-21)8-7-15-4-3-13-29-15/h1-8,13H,9-12H2/b8-7+. The van der Waals surface area contributed by atoms with Gasteiger partial charge in [0.15, 0.2) is 0 Å². The number of anilines is 1. The highest BCUT2D eigenvalue weighted by atomic mass is 35.5. The number of amides is 1. The summed E-state index contributed by atoms with van der Waals surface area (Å²) in [5.74, 6) is 0.746. The van der Waals surface area contributed by atoms with E-state index in [2.05, 4.69) is 11.1 Å². The van der Waals surface area contributed by atoms with Crippen molar-refractivity contribution >= 4 is 46.9 Å². The van der Waals surface area contributed by atoms with Gasteiger partial charge in [-0.15, -0.1) is 11.3 Å². The first-order valence-electron chi connectivity index (χ1n) is 9.07. The van der Waals surface area contributed by atoms with E-state index in [4.69, 9.17) is 16.0 Å². The number of nitriles is 1. The van der Waals surface area contributed by atoms with Gasteiger partial charge in [0, 0.05) is 37.1 Å². The topological polar surface area (TPSA) is 73.4 Å². The molecule has 0 saturated carbocycles. The molecule has 3 heterocycles. The Balaban J connectivity index is 1.45. The molecule has 1 aromatic carbocycles. The molecule has 0 atom stereocenters. The highest BCUT2D eigenvalue weighted by Crippen LogP contribution is 2.25. The van der Waals surface area contributed by atoms with Gasteiger partial charge >= 0.3 is 0 Å². The van der Waals surface area contributed by atoms with Gasteiger partial charge in [0.25, 0.3) is 5.91 Å². The van der Waals surface area contributed by atoms with Crippen LogP contribution < -0.4 is 4.90 Å². The lowest BCUT2D eigenvalue weighted by atomic mass is 10.2. The molecule has 1 amide bonds. The molecule has 1 fully saturated rings. The van der Waals surface area contributed by atoms with Gasteiger partial charge in [0.05, 0.1) is 10.6 Å². The van der Waals surface area contributed by atoms with Crippen molar-refractivity contribution in [1.29, 1.82) is 5.26 Å². The molecule has 4 rings (SSSR count). The first kappa shape index (κ1) is 19.2. The summed E-state index contributed by atoms with van der Waals surface area (Å²) < 4.78 is 5.83. The maximum Gasteiger partial charge on any atom is 0.255 e.